The lowest BCUT2D eigenvalue weighted by atomic mass is 10.1. The lowest BCUT2D eigenvalue weighted by Crippen LogP contribution is -2.30. The second kappa shape index (κ2) is 8.74. The molecule has 0 aliphatic carbocycles. The van der Waals surface area contributed by atoms with Crippen LogP contribution in [-0.2, 0) is 16.1 Å². The quantitative estimate of drug-likeness (QED) is 0.773. The molecule has 25 heavy (non-hydrogen) atoms. The first-order valence-corrected chi connectivity index (χ1v) is 8.18. The van der Waals surface area contributed by atoms with Crippen LogP contribution in [0, 0.1) is 6.92 Å². The zero-order valence-electron chi connectivity index (χ0n) is 13.8. The van der Waals surface area contributed by atoms with E-state index in [0.717, 1.165) is 11.1 Å². The Bertz CT molecular complexity index is 793. The number of esters is 1. The molecule has 0 saturated carbocycles. The molecular weight excluding hydrogens is 365 g/mol. The molecule has 0 aromatic heterocycles. The van der Waals surface area contributed by atoms with Crippen molar-refractivity contribution in [2.45, 2.75) is 13.5 Å². The molecule has 2 aromatic carbocycles. The number of nitrogens with one attached hydrogen (secondary N) is 1. The summed E-state index contributed by atoms with van der Waals surface area (Å²) in [6, 6.07) is 10.1. The number of ether oxygens (including phenoxy) is 2. The second-order valence-electron chi connectivity index (χ2n) is 5.28. The van der Waals surface area contributed by atoms with Crippen LogP contribution in [0.5, 0.6) is 5.75 Å². The summed E-state index contributed by atoms with van der Waals surface area (Å²) in [4.78, 5) is 23.9. The van der Waals surface area contributed by atoms with E-state index in [-0.39, 0.29) is 23.7 Å². The highest BCUT2D eigenvalue weighted by molar-refractivity contribution is 6.36. The molecule has 0 spiro atoms. The number of carbonyl (C=O) groups excluding carboxylic acids is 2. The van der Waals surface area contributed by atoms with Gasteiger partial charge in [-0.05, 0) is 37.3 Å². The van der Waals surface area contributed by atoms with Crippen molar-refractivity contribution in [2.24, 2.45) is 0 Å². The fraction of sp³-hybridized carbons (Fsp3) is 0.222. The van der Waals surface area contributed by atoms with E-state index >= 15 is 0 Å². The van der Waals surface area contributed by atoms with Gasteiger partial charge in [-0.15, -0.1) is 0 Å². The van der Waals surface area contributed by atoms with Crippen molar-refractivity contribution in [3.05, 3.63) is 63.1 Å². The Balaban J connectivity index is 1.88. The van der Waals surface area contributed by atoms with Crippen LogP contribution in [0.1, 0.15) is 21.5 Å². The Hall–Kier alpha value is -2.24. The van der Waals surface area contributed by atoms with Gasteiger partial charge in [0.1, 0.15) is 18.9 Å². The highest BCUT2D eigenvalue weighted by Gasteiger charge is 2.13. The highest BCUT2D eigenvalue weighted by Crippen LogP contribution is 2.21. The highest BCUT2D eigenvalue weighted by atomic mass is 35.5. The number of rotatable bonds is 6. The molecule has 0 aliphatic rings. The van der Waals surface area contributed by atoms with Crippen molar-refractivity contribution >= 4 is 35.1 Å². The predicted octanol–water partition coefficient (Wildman–Crippen LogP) is 3.78. The van der Waals surface area contributed by atoms with Gasteiger partial charge in [-0.2, -0.15) is 0 Å². The summed E-state index contributed by atoms with van der Waals surface area (Å²) in [5.41, 5.74) is 2.01. The van der Waals surface area contributed by atoms with Gasteiger partial charge in [0.2, 0.25) is 0 Å². The summed E-state index contributed by atoms with van der Waals surface area (Å²) >= 11 is 11.7. The molecule has 5 nitrogen and oxygen atoms in total. The van der Waals surface area contributed by atoms with E-state index in [2.05, 4.69) is 5.32 Å². The van der Waals surface area contributed by atoms with Crippen molar-refractivity contribution in [1.82, 2.24) is 5.32 Å². The predicted molar refractivity (Wildman–Crippen MR) is 96.3 cm³/mol. The minimum absolute atomic E-state index is 0.0568. The zero-order chi connectivity index (χ0) is 18.4. The van der Waals surface area contributed by atoms with E-state index < -0.39 is 11.9 Å². The number of hydrogen-bond acceptors (Lipinski definition) is 4. The third-order valence-corrected chi connectivity index (χ3v) is 3.94. The van der Waals surface area contributed by atoms with Gasteiger partial charge in [-0.3, -0.25) is 9.59 Å². The molecule has 0 radical (unpaired) electrons. The van der Waals surface area contributed by atoms with Crippen LogP contribution < -0.4 is 10.1 Å². The summed E-state index contributed by atoms with van der Waals surface area (Å²) in [6.45, 7) is 1.72. The first-order valence-electron chi connectivity index (χ1n) is 7.43. The summed E-state index contributed by atoms with van der Waals surface area (Å²) in [5, 5.41) is 3.10. The van der Waals surface area contributed by atoms with Crippen LogP contribution in [0.15, 0.2) is 36.4 Å². The third-order valence-electron chi connectivity index (χ3n) is 3.39. The second-order valence-corrected chi connectivity index (χ2v) is 6.13. The summed E-state index contributed by atoms with van der Waals surface area (Å²) in [7, 11) is 1.55. The first kappa shape index (κ1) is 19.1. The maximum absolute atomic E-state index is 12.0. The van der Waals surface area contributed by atoms with Gasteiger partial charge in [0.25, 0.3) is 5.91 Å². The number of aryl methyl sites for hydroxylation is 1. The number of hydrogen-bond donors (Lipinski definition) is 1. The third kappa shape index (κ3) is 5.37. The number of amides is 1. The fourth-order valence-corrected chi connectivity index (χ4v) is 2.65. The van der Waals surface area contributed by atoms with Crippen LogP contribution in [0.3, 0.4) is 0 Å². The SMILES string of the molecule is COc1ccc(C)cc1COC(=O)CNC(=O)c1ccc(Cl)cc1Cl. The van der Waals surface area contributed by atoms with Gasteiger partial charge in [-0.25, -0.2) is 0 Å². The van der Waals surface area contributed by atoms with Crippen LogP contribution >= 0.6 is 23.2 Å². The van der Waals surface area contributed by atoms with Crippen molar-refractivity contribution in [3.8, 4) is 5.75 Å². The molecule has 0 heterocycles. The molecule has 7 heteroatoms. The molecule has 1 amide bonds. The van der Waals surface area contributed by atoms with Crippen LogP contribution in [0.2, 0.25) is 10.0 Å². The maximum atomic E-state index is 12.0. The van der Waals surface area contributed by atoms with E-state index in [1.165, 1.54) is 12.1 Å². The summed E-state index contributed by atoms with van der Waals surface area (Å²) in [5.74, 6) is -0.413. The normalized spacial score (nSPS) is 10.2. The Morgan fingerprint density at radius 3 is 2.56 bits per heavy atom. The van der Waals surface area contributed by atoms with Crippen LogP contribution in [0.4, 0.5) is 0 Å². The molecular formula is C18H17Cl2NO4. The minimum atomic E-state index is -0.568. The molecule has 0 bridgehead atoms. The Morgan fingerprint density at radius 1 is 1.12 bits per heavy atom. The topological polar surface area (TPSA) is 64.6 Å². The largest absolute Gasteiger partial charge is 0.496 e. The molecule has 0 aliphatic heterocycles. The molecule has 0 unspecified atom stereocenters. The smallest absolute Gasteiger partial charge is 0.325 e. The van der Waals surface area contributed by atoms with E-state index in [1.807, 2.05) is 25.1 Å². The van der Waals surface area contributed by atoms with Crippen molar-refractivity contribution < 1.29 is 19.1 Å². The number of methoxy groups -OCH3 is 1. The van der Waals surface area contributed by atoms with Gasteiger partial charge >= 0.3 is 5.97 Å². The average molecular weight is 382 g/mol. The Kier molecular flexibility index (Phi) is 6.67. The molecule has 0 saturated heterocycles. The van der Waals surface area contributed by atoms with Crippen molar-refractivity contribution in [2.75, 3.05) is 13.7 Å². The van der Waals surface area contributed by atoms with Crippen molar-refractivity contribution in [1.29, 1.82) is 0 Å². The van der Waals surface area contributed by atoms with Crippen LogP contribution in [-0.4, -0.2) is 25.5 Å². The lowest BCUT2D eigenvalue weighted by Gasteiger charge is -2.11. The van der Waals surface area contributed by atoms with E-state index in [4.69, 9.17) is 32.7 Å². The number of halogens is 2. The van der Waals surface area contributed by atoms with Gasteiger partial charge in [0.15, 0.2) is 0 Å². The summed E-state index contributed by atoms with van der Waals surface area (Å²) in [6.07, 6.45) is 0. The van der Waals surface area contributed by atoms with E-state index in [0.29, 0.717) is 10.8 Å². The molecule has 2 rings (SSSR count). The average Bonchev–Trinajstić information content (AvgIpc) is 2.58. The monoisotopic (exact) mass is 381 g/mol. The molecule has 2 aromatic rings. The fourth-order valence-electron chi connectivity index (χ4n) is 2.15. The number of benzene rings is 2. The Morgan fingerprint density at radius 2 is 1.88 bits per heavy atom. The maximum Gasteiger partial charge on any atom is 0.325 e. The van der Waals surface area contributed by atoms with Gasteiger partial charge in [-0.1, -0.05) is 34.8 Å². The van der Waals surface area contributed by atoms with E-state index in [1.54, 1.807) is 13.2 Å². The molecule has 1 N–H and O–H groups in total. The summed E-state index contributed by atoms with van der Waals surface area (Å²) < 4.78 is 10.4. The van der Waals surface area contributed by atoms with Crippen molar-refractivity contribution in [3.63, 3.8) is 0 Å². The van der Waals surface area contributed by atoms with Crippen LogP contribution in [0.25, 0.3) is 0 Å². The van der Waals surface area contributed by atoms with Gasteiger partial charge in [0.05, 0.1) is 17.7 Å². The Labute approximate surface area is 155 Å². The first-order chi connectivity index (χ1) is 11.9. The molecule has 0 atom stereocenters. The molecule has 132 valence electrons. The minimum Gasteiger partial charge on any atom is -0.496 e. The standard InChI is InChI=1S/C18H17Cl2NO4/c1-11-3-6-16(24-2)12(7-11)10-25-17(22)9-21-18(23)14-5-4-13(19)8-15(14)20/h3-8H,9-10H2,1-2H3,(H,21,23). The van der Waals surface area contributed by atoms with Gasteiger partial charge in [0, 0.05) is 10.6 Å². The number of carbonyl (C=O) groups is 2. The van der Waals surface area contributed by atoms with E-state index in [9.17, 15) is 9.59 Å². The van der Waals surface area contributed by atoms with Gasteiger partial charge < -0.3 is 14.8 Å². The zero-order valence-corrected chi connectivity index (χ0v) is 15.3. The molecule has 0 fully saturated rings. The lowest BCUT2D eigenvalue weighted by molar-refractivity contribution is -0.143.